The first-order valence-corrected chi connectivity index (χ1v) is 3.90. The minimum atomic E-state index is -0.0924. The quantitative estimate of drug-likeness (QED) is 0.598. The second-order valence-corrected chi connectivity index (χ2v) is 2.61. The number of rotatable bonds is 0. The van der Waals surface area contributed by atoms with Gasteiger partial charge in [0.15, 0.2) is 11.6 Å². The number of hydrogen-bond acceptors (Lipinski definition) is 4. The van der Waals surface area contributed by atoms with Crippen LogP contribution in [-0.2, 0) is 0 Å². The van der Waals surface area contributed by atoms with Crippen LogP contribution in [0, 0.1) is 0 Å². The van der Waals surface area contributed by atoms with E-state index < -0.39 is 0 Å². The zero-order valence-corrected chi connectivity index (χ0v) is 7.31. The van der Waals surface area contributed by atoms with Gasteiger partial charge in [0.25, 0.3) is 0 Å². The molecule has 72 valence electrons. The van der Waals surface area contributed by atoms with E-state index in [1.165, 1.54) is 12.2 Å². The SMILES string of the molecule is NO.O=C1C=CC(=O)c2ccccc21. The number of benzene rings is 1. The predicted molar refractivity (Wildman–Crippen MR) is 50.2 cm³/mol. The van der Waals surface area contributed by atoms with Crippen LogP contribution in [0.5, 0.6) is 0 Å². The fourth-order valence-corrected chi connectivity index (χ4v) is 1.24. The van der Waals surface area contributed by atoms with Gasteiger partial charge in [-0.3, -0.25) is 9.59 Å². The van der Waals surface area contributed by atoms with E-state index in [1.54, 1.807) is 24.3 Å². The molecule has 0 aromatic heterocycles. The van der Waals surface area contributed by atoms with Crippen LogP contribution in [-0.4, -0.2) is 16.8 Å². The van der Waals surface area contributed by atoms with E-state index in [4.69, 9.17) is 5.21 Å². The lowest BCUT2D eigenvalue weighted by Gasteiger charge is -2.06. The molecule has 0 radical (unpaired) electrons. The second-order valence-electron chi connectivity index (χ2n) is 2.61. The van der Waals surface area contributed by atoms with Crippen molar-refractivity contribution in [2.45, 2.75) is 0 Å². The number of nitrogens with two attached hydrogens (primary N) is 1. The van der Waals surface area contributed by atoms with Crippen LogP contribution in [0.4, 0.5) is 0 Å². The molecule has 1 aromatic rings. The van der Waals surface area contributed by atoms with Crippen LogP contribution >= 0.6 is 0 Å². The van der Waals surface area contributed by atoms with Crippen LogP contribution in [0.2, 0.25) is 0 Å². The van der Waals surface area contributed by atoms with E-state index in [-0.39, 0.29) is 11.6 Å². The number of carbonyl (C=O) groups is 2. The van der Waals surface area contributed by atoms with Crippen LogP contribution < -0.4 is 5.90 Å². The molecule has 0 amide bonds. The van der Waals surface area contributed by atoms with Gasteiger partial charge in [0, 0.05) is 11.1 Å². The molecule has 0 saturated heterocycles. The maximum Gasteiger partial charge on any atom is 0.186 e. The van der Waals surface area contributed by atoms with E-state index in [9.17, 15) is 9.59 Å². The Morgan fingerprint density at radius 3 is 1.57 bits per heavy atom. The number of hydrogen-bond donors (Lipinski definition) is 2. The van der Waals surface area contributed by atoms with Crippen LogP contribution in [0.3, 0.4) is 0 Å². The number of allylic oxidation sites excluding steroid dienone is 2. The molecular formula is C10H9NO3. The summed E-state index contributed by atoms with van der Waals surface area (Å²) in [7, 11) is 0. The van der Waals surface area contributed by atoms with Gasteiger partial charge in [0.1, 0.15) is 0 Å². The molecule has 0 fully saturated rings. The normalized spacial score (nSPS) is 13.0. The Bertz CT molecular complexity index is 359. The molecule has 1 aliphatic rings. The number of ketones is 2. The molecule has 0 saturated carbocycles. The fraction of sp³-hybridized carbons (Fsp3) is 0. The van der Waals surface area contributed by atoms with Gasteiger partial charge in [0.05, 0.1) is 0 Å². The summed E-state index contributed by atoms with van der Waals surface area (Å²) in [5.74, 6) is 3.32. The molecule has 1 aliphatic carbocycles. The Labute approximate surface area is 80.6 Å². The highest BCUT2D eigenvalue weighted by Gasteiger charge is 2.16. The van der Waals surface area contributed by atoms with Gasteiger partial charge < -0.3 is 5.21 Å². The van der Waals surface area contributed by atoms with E-state index in [2.05, 4.69) is 5.90 Å². The third-order valence-corrected chi connectivity index (χ3v) is 1.84. The van der Waals surface area contributed by atoms with Gasteiger partial charge in [0.2, 0.25) is 0 Å². The molecule has 4 heteroatoms. The van der Waals surface area contributed by atoms with Gasteiger partial charge in [-0.05, 0) is 12.2 Å². The van der Waals surface area contributed by atoms with Gasteiger partial charge in [-0.15, -0.1) is 0 Å². The monoisotopic (exact) mass is 191 g/mol. The lowest BCUT2D eigenvalue weighted by molar-refractivity contribution is 0.0994. The van der Waals surface area contributed by atoms with E-state index >= 15 is 0 Å². The predicted octanol–water partition coefficient (Wildman–Crippen LogP) is 0.956. The standard InChI is InChI=1S/C10H6O2.H3NO/c11-9-5-6-10(12)8-4-2-1-3-7(8)9;1-2/h1-6H;2H,1H2. The third-order valence-electron chi connectivity index (χ3n) is 1.84. The number of carbonyl (C=O) groups excluding carboxylic acids is 2. The van der Waals surface area contributed by atoms with Crippen molar-refractivity contribution >= 4 is 11.6 Å². The molecule has 4 nitrogen and oxygen atoms in total. The van der Waals surface area contributed by atoms with E-state index in [0.29, 0.717) is 11.1 Å². The molecule has 0 atom stereocenters. The summed E-state index contributed by atoms with van der Waals surface area (Å²) in [6.07, 6.45) is 2.62. The van der Waals surface area contributed by atoms with Crippen LogP contribution in [0.1, 0.15) is 20.7 Å². The third kappa shape index (κ3) is 1.76. The Morgan fingerprint density at radius 1 is 0.857 bits per heavy atom. The van der Waals surface area contributed by atoms with Gasteiger partial charge >= 0.3 is 0 Å². The van der Waals surface area contributed by atoms with E-state index in [0.717, 1.165) is 0 Å². The molecule has 0 spiro atoms. The molecular weight excluding hydrogens is 182 g/mol. The molecule has 0 aliphatic heterocycles. The Kier molecular flexibility index (Phi) is 3.28. The Balaban J connectivity index is 0.000000461. The molecule has 14 heavy (non-hydrogen) atoms. The van der Waals surface area contributed by atoms with E-state index in [1.807, 2.05) is 0 Å². The summed E-state index contributed by atoms with van der Waals surface area (Å²) in [5.41, 5.74) is 1.01. The van der Waals surface area contributed by atoms with Crippen molar-refractivity contribution in [3.63, 3.8) is 0 Å². The number of fused-ring (bicyclic) bond motifs is 1. The van der Waals surface area contributed by atoms with Crippen LogP contribution in [0.15, 0.2) is 36.4 Å². The fourth-order valence-electron chi connectivity index (χ4n) is 1.24. The molecule has 1 aromatic carbocycles. The van der Waals surface area contributed by atoms with Crippen molar-refractivity contribution in [3.05, 3.63) is 47.5 Å². The Morgan fingerprint density at radius 2 is 1.21 bits per heavy atom. The minimum absolute atomic E-state index is 0.0924. The van der Waals surface area contributed by atoms with Gasteiger partial charge in [-0.25, -0.2) is 5.90 Å². The van der Waals surface area contributed by atoms with Crippen molar-refractivity contribution < 1.29 is 14.8 Å². The van der Waals surface area contributed by atoms with Crippen molar-refractivity contribution in [1.29, 1.82) is 0 Å². The van der Waals surface area contributed by atoms with Crippen molar-refractivity contribution in [2.75, 3.05) is 0 Å². The molecule has 0 unspecified atom stereocenters. The highest BCUT2D eigenvalue weighted by Crippen LogP contribution is 2.15. The summed E-state index contributed by atoms with van der Waals surface area (Å²) < 4.78 is 0. The van der Waals surface area contributed by atoms with Crippen molar-refractivity contribution in [2.24, 2.45) is 5.90 Å². The first-order valence-electron chi connectivity index (χ1n) is 3.90. The smallest absolute Gasteiger partial charge is 0.186 e. The van der Waals surface area contributed by atoms with Crippen LogP contribution in [0.25, 0.3) is 0 Å². The second kappa shape index (κ2) is 4.45. The summed E-state index contributed by atoms with van der Waals surface area (Å²) in [4.78, 5) is 22.4. The largest absolute Gasteiger partial charge is 0.320 e. The molecule has 0 heterocycles. The maximum atomic E-state index is 11.2. The highest BCUT2D eigenvalue weighted by atomic mass is 16.4. The van der Waals surface area contributed by atoms with Crippen molar-refractivity contribution in [1.82, 2.24) is 0 Å². The summed E-state index contributed by atoms with van der Waals surface area (Å²) in [6.45, 7) is 0. The maximum absolute atomic E-state index is 11.2. The molecule has 3 N–H and O–H groups in total. The summed E-state index contributed by atoms with van der Waals surface area (Å²) in [5, 5.41) is 6.50. The van der Waals surface area contributed by atoms with Gasteiger partial charge in [-0.2, -0.15) is 0 Å². The zero-order chi connectivity index (χ0) is 10.6. The first-order chi connectivity index (χ1) is 6.79. The lowest BCUT2D eigenvalue weighted by atomic mass is 9.95. The summed E-state index contributed by atoms with van der Waals surface area (Å²) >= 11 is 0. The highest BCUT2D eigenvalue weighted by molar-refractivity contribution is 6.21. The average molecular weight is 191 g/mol. The zero-order valence-electron chi connectivity index (χ0n) is 7.31. The Hall–Kier alpha value is -1.78. The minimum Gasteiger partial charge on any atom is -0.320 e. The van der Waals surface area contributed by atoms with Gasteiger partial charge in [-0.1, -0.05) is 24.3 Å². The average Bonchev–Trinajstić information content (AvgIpc) is 2.27. The summed E-state index contributed by atoms with van der Waals surface area (Å²) in [6, 6.07) is 6.84. The molecule has 0 bridgehead atoms. The molecule has 2 rings (SSSR count). The first kappa shape index (κ1) is 10.3. The lowest BCUT2D eigenvalue weighted by Crippen LogP contribution is -2.10. The van der Waals surface area contributed by atoms with Crippen molar-refractivity contribution in [3.8, 4) is 0 Å². The topological polar surface area (TPSA) is 80.4 Å².